The van der Waals surface area contributed by atoms with Gasteiger partial charge in [-0.15, -0.1) is 0 Å². The van der Waals surface area contributed by atoms with Crippen LogP contribution in [0, 0.1) is 0 Å². The van der Waals surface area contributed by atoms with Crippen LogP contribution in [-0.2, 0) is 16.0 Å². The van der Waals surface area contributed by atoms with Crippen LogP contribution in [0.1, 0.15) is 25.8 Å². The lowest BCUT2D eigenvalue weighted by atomic mass is 10.1. The van der Waals surface area contributed by atoms with Crippen molar-refractivity contribution in [2.24, 2.45) is 0 Å². The van der Waals surface area contributed by atoms with Gasteiger partial charge in [0.1, 0.15) is 6.54 Å². The lowest BCUT2D eigenvalue weighted by molar-refractivity contribution is -0.136. The van der Waals surface area contributed by atoms with E-state index >= 15 is 0 Å². The molecule has 0 bridgehead atoms. The fourth-order valence-electron chi connectivity index (χ4n) is 1.71. The first-order valence-electron chi connectivity index (χ1n) is 5.70. The maximum Gasteiger partial charge on any atom is 0.323 e. The molecule has 0 aromatic heterocycles. The molecule has 0 aliphatic heterocycles. The number of rotatable bonds is 5. The lowest BCUT2D eigenvalue weighted by Crippen LogP contribution is -2.35. The first-order chi connectivity index (χ1) is 8.10. The van der Waals surface area contributed by atoms with E-state index in [0.717, 1.165) is 12.0 Å². The van der Waals surface area contributed by atoms with Crippen LogP contribution in [0.4, 0.5) is 5.69 Å². The number of hydrogen-bond acceptors (Lipinski definition) is 2. The molecule has 0 heterocycles. The van der Waals surface area contributed by atoms with Crippen LogP contribution in [0.15, 0.2) is 24.3 Å². The lowest BCUT2D eigenvalue weighted by Gasteiger charge is -2.22. The first kappa shape index (κ1) is 13.2. The minimum Gasteiger partial charge on any atom is -0.480 e. The minimum absolute atomic E-state index is 0.173. The molecule has 1 aromatic carbocycles. The standard InChI is InChI=1S/C13H17NO3/c1-3-10-7-5-6-8-11(10)14(9-13(16)17)12(15)4-2/h5-8H,3-4,9H2,1-2H3,(H,16,17). The topological polar surface area (TPSA) is 57.6 Å². The van der Waals surface area contributed by atoms with Gasteiger partial charge in [0.25, 0.3) is 0 Å². The van der Waals surface area contributed by atoms with Gasteiger partial charge in [-0.05, 0) is 18.1 Å². The Morgan fingerprint density at radius 2 is 1.88 bits per heavy atom. The molecule has 92 valence electrons. The Hall–Kier alpha value is -1.84. The molecule has 0 fully saturated rings. The zero-order valence-electron chi connectivity index (χ0n) is 10.1. The van der Waals surface area contributed by atoms with Crippen molar-refractivity contribution in [2.45, 2.75) is 26.7 Å². The van der Waals surface area contributed by atoms with Gasteiger partial charge in [0.15, 0.2) is 0 Å². The Labute approximate surface area is 101 Å². The number of para-hydroxylation sites is 1. The summed E-state index contributed by atoms with van der Waals surface area (Å²) < 4.78 is 0. The first-order valence-corrected chi connectivity index (χ1v) is 5.70. The van der Waals surface area contributed by atoms with Crippen LogP contribution >= 0.6 is 0 Å². The Kier molecular flexibility index (Phi) is 4.69. The van der Waals surface area contributed by atoms with Crippen LogP contribution in [0.2, 0.25) is 0 Å². The second kappa shape index (κ2) is 6.03. The maximum absolute atomic E-state index is 11.8. The summed E-state index contributed by atoms with van der Waals surface area (Å²) in [5.41, 5.74) is 1.68. The van der Waals surface area contributed by atoms with Gasteiger partial charge < -0.3 is 10.0 Å². The quantitative estimate of drug-likeness (QED) is 0.850. The largest absolute Gasteiger partial charge is 0.480 e. The number of hydrogen-bond donors (Lipinski definition) is 1. The number of nitrogens with zero attached hydrogens (tertiary/aromatic N) is 1. The van der Waals surface area contributed by atoms with Gasteiger partial charge in [-0.3, -0.25) is 9.59 Å². The minimum atomic E-state index is -1.00. The van der Waals surface area contributed by atoms with E-state index in [0.29, 0.717) is 12.1 Å². The van der Waals surface area contributed by atoms with E-state index in [1.54, 1.807) is 13.0 Å². The highest BCUT2D eigenvalue weighted by Crippen LogP contribution is 2.21. The molecule has 0 aliphatic carbocycles. The summed E-state index contributed by atoms with van der Waals surface area (Å²) in [6.07, 6.45) is 1.06. The Balaban J connectivity index is 3.11. The fourth-order valence-corrected chi connectivity index (χ4v) is 1.71. The zero-order chi connectivity index (χ0) is 12.8. The third kappa shape index (κ3) is 3.31. The summed E-state index contributed by atoms with van der Waals surface area (Å²) in [6, 6.07) is 7.40. The highest BCUT2D eigenvalue weighted by Gasteiger charge is 2.18. The number of carbonyl (C=O) groups excluding carboxylic acids is 1. The van der Waals surface area contributed by atoms with Crippen molar-refractivity contribution in [2.75, 3.05) is 11.4 Å². The van der Waals surface area contributed by atoms with Crippen molar-refractivity contribution in [3.05, 3.63) is 29.8 Å². The summed E-state index contributed by atoms with van der Waals surface area (Å²) in [6.45, 7) is 3.42. The highest BCUT2D eigenvalue weighted by molar-refractivity contribution is 5.97. The van der Waals surface area contributed by atoms with E-state index < -0.39 is 5.97 Å². The third-order valence-electron chi connectivity index (χ3n) is 2.56. The molecular weight excluding hydrogens is 218 g/mol. The van der Waals surface area contributed by atoms with Crippen LogP contribution in [0.3, 0.4) is 0 Å². The number of benzene rings is 1. The maximum atomic E-state index is 11.8. The van der Waals surface area contributed by atoms with Crippen molar-refractivity contribution in [1.29, 1.82) is 0 Å². The smallest absolute Gasteiger partial charge is 0.323 e. The van der Waals surface area contributed by atoms with E-state index in [1.165, 1.54) is 4.90 Å². The van der Waals surface area contributed by atoms with Crippen molar-refractivity contribution in [3.8, 4) is 0 Å². The molecule has 0 aliphatic rings. The van der Waals surface area contributed by atoms with Gasteiger partial charge in [0, 0.05) is 12.1 Å². The van der Waals surface area contributed by atoms with E-state index in [9.17, 15) is 9.59 Å². The molecule has 0 unspecified atom stereocenters. The number of aliphatic carboxylic acids is 1. The van der Waals surface area contributed by atoms with Crippen LogP contribution in [0.5, 0.6) is 0 Å². The molecule has 0 atom stereocenters. The number of carboxylic acid groups (broad SMARTS) is 1. The van der Waals surface area contributed by atoms with Gasteiger partial charge in [-0.2, -0.15) is 0 Å². The number of carbonyl (C=O) groups is 2. The molecular formula is C13H17NO3. The van der Waals surface area contributed by atoms with E-state index in [4.69, 9.17) is 5.11 Å². The molecule has 1 aromatic rings. The Morgan fingerprint density at radius 3 is 2.41 bits per heavy atom. The average molecular weight is 235 g/mol. The summed E-state index contributed by atoms with van der Waals surface area (Å²) in [7, 11) is 0. The van der Waals surface area contributed by atoms with Gasteiger partial charge >= 0.3 is 5.97 Å². The van der Waals surface area contributed by atoms with Crippen LogP contribution < -0.4 is 4.90 Å². The number of anilines is 1. The average Bonchev–Trinajstić information content (AvgIpc) is 2.34. The van der Waals surface area contributed by atoms with E-state index in [1.807, 2.05) is 25.1 Å². The van der Waals surface area contributed by atoms with Crippen molar-refractivity contribution in [1.82, 2.24) is 0 Å². The van der Waals surface area contributed by atoms with E-state index in [-0.39, 0.29) is 12.5 Å². The third-order valence-corrected chi connectivity index (χ3v) is 2.56. The predicted octanol–water partition coefficient (Wildman–Crippen LogP) is 2.08. The summed E-state index contributed by atoms with van der Waals surface area (Å²) in [5.74, 6) is -1.17. The van der Waals surface area contributed by atoms with E-state index in [2.05, 4.69) is 0 Å². The second-order valence-corrected chi connectivity index (χ2v) is 3.71. The predicted molar refractivity (Wildman–Crippen MR) is 66.1 cm³/mol. The second-order valence-electron chi connectivity index (χ2n) is 3.71. The summed E-state index contributed by atoms with van der Waals surface area (Å²) in [5, 5.41) is 8.86. The van der Waals surface area contributed by atoms with Crippen LogP contribution in [0.25, 0.3) is 0 Å². The number of amides is 1. The molecule has 0 saturated carbocycles. The molecule has 4 heteroatoms. The zero-order valence-corrected chi connectivity index (χ0v) is 10.1. The number of aryl methyl sites for hydroxylation is 1. The molecule has 17 heavy (non-hydrogen) atoms. The number of carboxylic acids is 1. The molecule has 4 nitrogen and oxygen atoms in total. The van der Waals surface area contributed by atoms with Crippen molar-refractivity contribution >= 4 is 17.6 Å². The summed E-state index contributed by atoms with van der Waals surface area (Å²) >= 11 is 0. The molecule has 0 radical (unpaired) electrons. The molecule has 0 saturated heterocycles. The van der Waals surface area contributed by atoms with Crippen molar-refractivity contribution in [3.63, 3.8) is 0 Å². The molecule has 1 N–H and O–H groups in total. The van der Waals surface area contributed by atoms with Gasteiger partial charge in [-0.25, -0.2) is 0 Å². The molecule has 0 spiro atoms. The molecule has 1 amide bonds. The van der Waals surface area contributed by atoms with Gasteiger partial charge in [-0.1, -0.05) is 32.0 Å². The Bertz CT molecular complexity index is 415. The van der Waals surface area contributed by atoms with Crippen molar-refractivity contribution < 1.29 is 14.7 Å². The fraction of sp³-hybridized carbons (Fsp3) is 0.385. The highest BCUT2D eigenvalue weighted by atomic mass is 16.4. The Morgan fingerprint density at radius 1 is 1.24 bits per heavy atom. The van der Waals surface area contributed by atoms with Gasteiger partial charge in [0.2, 0.25) is 5.91 Å². The normalized spacial score (nSPS) is 10.0. The molecule has 1 rings (SSSR count). The van der Waals surface area contributed by atoms with Crippen LogP contribution in [-0.4, -0.2) is 23.5 Å². The summed E-state index contributed by atoms with van der Waals surface area (Å²) in [4.78, 5) is 23.9. The SMILES string of the molecule is CCC(=O)N(CC(=O)O)c1ccccc1CC. The van der Waals surface area contributed by atoms with Gasteiger partial charge in [0.05, 0.1) is 0 Å². The monoisotopic (exact) mass is 235 g/mol.